The number of nitrogens with one attached hydrogen (secondary N) is 1. The van der Waals surface area contributed by atoms with Crippen molar-refractivity contribution in [2.45, 2.75) is 6.04 Å². The Morgan fingerprint density at radius 3 is 2.59 bits per heavy atom. The van der Waals surface area contributed by atoms with Crippen LogP contribution < -0.4 is 10.3 Å². The highest BCUT2D eigenvalue weighted by Crippen LogP contribution is 2.37. The molecule has 0 saturated heterocycles. The Morgan fingerprint density at radius 1 is 0.955 bits per heavy atom. The highest BCUT2D eigenvalue weighted by molar-refractivity contribution is 5.72. The molecule has 0 saturated carbocycles. The van der Waals surface area contributed by atoms with E-state index in [-0.39, 0.29) is 11.9 Å². The van der Waals surface area contributed by atoms with Crippen LogP contribution >= 0.6 is 0 Å². The largest absolute Gasteiger partial charge is 0.371 e. The molecule has 0 spiro atoms. The highest BCUT2D eigenvalue weighted by atomic mass is 19.1. The number of aromatic nitrogens is 1. The zero-order chi connectivity index (χ0) is 15.1. The second-order valence-electron chi connectivity index (χ2n) is 5.42. The second kappa shape index (κ2) is 4.91. The van der Waals surface area contributed by atoms with Gasteiger partial charge >= 0.3 is 0 Å². The van der Waals surface area contributed by atoms with Gasteiger partial charge in [-0.2, -0.15) is 0 Å². The monoisotopic (exact) mass is 293 g/mol. The summed E-state index contributed by atoms with van der Waals surface area (Å²) in [4.78, 5) is 0. The van der Waals surface area contributed by atoms with Crippen LogP contribution in [-0.2, 0) is 0 Å². The summed E-state index contributed by atoms with van der Waals surface area (Å²) < 4.78 is 16.4. The Labute approximate surface area is 128 Å². The topological polar surface area (TPSA) is 20.2 Å². The van der Waals surface area contributed by atoms with Crippen molar-refractivity contribution >= 4 is 11.4 Å². The van der Waals surface area contributed by atoms with E-state index in [1.165, 1.54) is 6.07 Å². The van der Waals surface area contributed by atoms with Crippen molar-refractivity contribution in [3.05, 3.63) is 83.9 Å². The minimum atomic E-state index is -0.234. The van der Waals surface area contributed by atoms with Gasteiger partial charge in [0.1, 0.15) is 5.82 Å². The van der Waals surface area contributed by atoms with Gasteiger partial charge in [-0.1, -0.05) is 30.3 Å². The van der Waals surface area contributed by atoms with E-state index in [0.717, 1.165) is 17.1 Å². The Hall–Kier alpha value is -2.75. The van der Waals surface area contributed by atoms with E-state index in [4.69, 9.17) is 0 Å². The van der Waals surface area contributed by atoms with Crippen molar-refractivity contribution in [3.8, 4) is 0 Å². The quantitative estimate of drug-likeness (QED) is 0.730. The van der Waals surface area contributed by atoms with Crippen LogP contribution in [0.2, 0.25) is 0 Å². The van der Waals surface area contributed by atoms with Gasteiger partial charge in [0.15, 0.2) is 0 Å². The number of anilines is 2. The van der Waals surface area contributed by atoms with Crippen LogP contribution in [0.25, 0.3) is 0 Å². The Kier molecular flexibility index (Phi) is 2.89. The molecule has 2 heterocycles. The van der Waals surface area contributed by atoms with E-state index in [2.05, 4.69) is 21.1 Å². The van der Waals surface area contributed by atoms with Gasteiger partial charge in [0.2, 0.25) is 0 Å². The van der Waals surface area contributed by atoms with Crippen LogP contribution in [0.15, 0.2) is 66.9 Å². The molecule has 0 amide bonds. The molecule has 0 fully saturated rings. The average Bonchev–Trinajstić information content (AvgIpc) is 2.98. The fourth-order valence-electron chi connectivity index (χ4n) is 3.06. The molecule has 2 aromatic carbocycles. The minimum absolute atomic E-state index is 0.199. The third-order valence-electron chi connectivity index (χ3n) is 4.15. The summed E-state index contributed by atoms with van der Waals surface area (Å²) in [5.41, 5.74) is 3.69. The molecule has 4 rings (SSSR count). The predicted molar refractivity (Wildman–Crippen MR) is 86.5 cm³/mol. The molecule has 0 bridgehead atoms. The summed E-state index contributed by atoms with van der Waals surface area (Å²) in [6.07, 6.45) is 1.99. The van der Waals surface area contributed by atoms with Gasteiger partial charge in [0.25, 0.3) is 0 Å². The van der Waals surface area contributed by atoms with Crippen LogP contribution in [0.1, 0.15) is 17.3 Å². The van der Waals surface area contributed by atoms with E-state index >= 15 is 0 Å². The molecule has 110 valence electrons. The van der Waals surface area contributed by atoms with Gasteiger partial charge in [-0.05, 0) is 30.3 Å². The lowest BCUT2D eigenvalue weighted by atomic mass is 10.0. The number of fused-ring (bicyclic) bond motifs is 2. The lowest BCUT2D eigenvalue weighted by Crippen LogP contribution is -2.25. The second-order valence-corrected chi connectivity index (χ2v) is 5.42. The SMILES string of the molecule is CN1c2ccccc2NC(c2ccccc2F)c2cccn21. The van der Waals surface area contributed by atoms with Crippen LogP contribution in [0.4, 0.5) is 15.8 Å². The summed E-state index contributed by atoms with van der Waals surface area (Å²) in [5.74, 6) is -0.199. The maximum absolute atomic E-state index is 14.3. The van der Waals surface area contributed by atoms with Crippen molar-refractivity contribution in [3.63, 3.8) is 0 Å². The van der Waals surface area contributed by atoms with Gasteiger partial charge in [0, 0.05) is 18.8 Å². The molecule has 0 aliphatic carbocycles. The fourth-order valence-corrected chi connectivity index (χ4v) is 3.06. The van der Waals surface area contributed by atoms with E-state index < -0.39 is 0 Å². The lowest BCUT2D eigenvalue weighted by molar-refractivity contribution is 0.598. The zero-order valence-corrected chi connectivity index (χ0v) is 12.2. The summed E-state index contributed by atoms with van der Waals surface area (Å²) in [7, 11) is 2.01. The number of para-hydroxylation sites is 2. The van der Waals surface area contributed by atoms with Gasteiger partial charge in [-0.3, -0.25) is 9.69 Å². The van der Waals surface area contributed by atoms with Crippen molar-refractivity contribution in [1.82, 2.24) is 4.68 Å². The number of halogens is 1. The Balaban J connectivity index is 1.94. The standard InChI is InChI=1S/C18H16FN3/c1-21-16-10-5-4-9-15(16)20-18(17-11-6-12-22(17)21)13-7-2-3-8-14(13)19/h2-12,18,20H,1H3. The fraction of sp³-hybridized carbons (Fsp3) is 0.111. The zero-order valence-electron chi connectivity index (χ0n) is 12.2. The van der Waals surface area contributed by atoms with Crippen LogP contribution in [0, 0.1) is 5.82 Å². The van der Waals surface area contributed by atoms with Crippen LogP contribution in [0.5, 0.6) is 0 Å². The first-order chi connectivity index (χ1) is 10.8. The van der Waals surface area contributed by atoms with E-state index in [1.807, 2.05) is 55.7 Å². The number of hydrogen-bond acceptors (Lipinski definition) is 2. The molecule has 1 unspecified atom stereocenters. The molecular formula is C18H16FN3. The average molecular weight is 293 g/mol. The van der Waals surface area contributed by atoms with Gasteiger partial charge < -0.3 is 5.32 Å². The van der Waals surface area contributed by atoms with Gasteiger partial charge in [-0.25, -0.2) is 4.39 Å². The Bertz CT molecular complexity index is 824. The van der Waals surface area contributed by atoms with Crippen molar-refractivity contribution in [1.29, 1.82) is 0 Å². The first-order valence-corrected chi connectivity index (χ1v) is 7.27. The molecule has 3 nitrogen and oxygen atoms in total. The first-order valence-electron chi connectivity index (χ1n) is 7.27. The Morgan fingerprint density at radius 2 is 1.73 bits per heavy atom. The van der Waals surface area contributed by atoms with Crippen LogP contribution in [-0.4, -0.2) is 11.7 Å². The molecule has 22 heavy (non-hydrogen) atoms. The van der Waals surface area contributed by atoms with Crippen molar-refractivity contribution < 1.29 is 4.39 Å². The van der Waals surface area contributed by atoms with Crippen LogP contribution in [0.3, 0.4) is 0 Å². The van der Waals surface area contributed by atoms with Crippen molar-refractivity contribution in [2.75, 3.05) is 17.4 Å². The molecule has 1 aliphatic heterocycles. The van der Waals surface area contributed by atoms with Gasteiger partial charge in [0.05, 0.1) is 23.1 Å². The summed E-state index contributed by atoms with van der Waals surface area (Å²) in [6, 6.07) is 18.7. The number of benzene rings is 2. The molecule has 0 radical (unpaired) electrons. The summed E-state index contributed by atoms with van der Waals surface area (Å²) >= 11 is 0. The number of hydrogen-bond donors (Lipinski definition) is 1. The first kappa shape index (κ1) is 13.0. The van der Waals surface area contributed by atoms with Gasteiger partial charge in [-0.15, -0.1) is 0 Å². The number of rotatable bonds is 1. The molecule has 4 heteroatoms. The van der Waals surface area contributed by atoms with E-state index in [9.17, 15) is 4.39 Å². The maximum Gasteiger partial charge on any atom is 0.128 e. The lowest BCUT2D eigenvalue weighted by Gasteiger charge is -2.22. The van der Waals surface area contributed by atoms with E-state index in [0.29, 0.717) is 5.56 Å². The summed E-state index contributed by atoms with van der Waals surface area (Å²) in [5, 5.41) is 5.55. The molecule has 3 aromatic rings. The normalized spacial score (nSPS) is 16.5. The molecule has 1 atom stereocenters. The molecular weight excluding hydrogens is 277 g/mol. The minimum Gasteiger partial charge on any atom is -0.371 e. The molecule has 1 N–H and O–H groups in total. The summed E-state index contributed by atoms with van der Waals surface area (Å²) in [6.45, 7) is 0. The van der Waals surface area contributed by atoms with E-state index in [1.54, 1.807) is 6.07 Å². The molecule has 1 aromatic heterocycles. The highest BCUT2D eigenvalue weighted by Gasteiger charge is 2.26. The third-order valence-corrected chi connectivity index (χ3v) is 4.15. The third kappa shape index (κ3) is 1.88. The predicted octanol–water partition coefficient (Wildman–Crippen LogP) is 4.04. The van der Waals surface area contributed by atoms with Crippen molar-refractivity contribution in [2.24, 2.45) is 0 Å². The molecule has 1 aliphatic rings. The number of nitrogens with zero attached hydrogens (tertiary/aromatic N) is 2. The smallest absolute Gasteiger partial charge is 0.128 e. The maximum atomic E-state index is 14.3.